The number of phenolic OH excluding ortho intramolecular Hbond substituents is 1. The lowest BCUT2D eigenvalue weighted by Gasteiger charge is -2.22. The highest BCUT2D eigenvalue weighted by molar-refractivity contribution is 6.39. The Morgan fingerprint density at radius 3 is 1.95 bits per heavy atom. The molecule has 0 fully saturated rings. The smallest absolute Gasteiger partial charge is 0.261 e. The number of nitrogens with zero attached hydrogens (tertiary/aromatic N) is 3. The second-order valence-electron chi connectivity index (χ2n) is 10.3. The van der Waals surface area contributed by atoms with Gasteiger partial charge in [0.05, 0.1) is 37.9 Å². The van der Waals surface area contributed by atoms with E-state index in [9.17, 15) is 5.11 Å². The van der Waals surface area contributed by atoms with Crippen molar-refractivity contribution in [3.05, 3.63) is 92.4 Å². The minimum Gasteiger partial charge on any atom is -0.505 e. The molecule has 0 atom stereocenters. The van der Waals surface area contributed by atoms with Crippen LogP contribution in [0.1, 0.15) is 26.3 Å². The zero-order valence-electron chi connectivity index (χ0n) is 21.1. The number of rotatable bonds is 3. The van der Waals surface area contributed by atoms with Crippen LogP contribution in [0.25, 0.3) is 50.3 Å². The van der Waals surface area contributed by atoms with E-state index in [0.29, 0.717) is 36.9 Å². The van der Waals surface area contributed by atoms with E-state index in [4.69, 9.17) is 50.9 Å². The van der Waals surface area contributed by atoms with Gasteiger partial charge in [-0.05, 0) is 71.6 Å². The van der Waals surface area contributed by atoms with Crippen LogP contribution in [-0.4, -0.2) is 19.8 Å². The van der Waals surface area contributed by atoms with E-state index in [0.717, 1.165) is 27.4 Å². The lowest BCUT2D eigenvalue weighted by atomic mass is 9.85. The number of hydrogen-bond donors (Lipinski definition) is 1. The Hall–Kier alpha value is -3.22. The van der Waals surface area contributed by atoms with E-state index < -0.39 is 0 Å². The van der Waals surface area contributed by atoms with Gasteiger partial charge in [0.15, 0.2) is 5.75 Å². The zero-order valence-corrected chi connectivity index (χ0v) is 24.1. The second-order valence-corrected chi connectivity index (χ2v) is 12.0. The van der Waals surface area contributed by atoms with Gasteiger partial charge < -0.3 is 14.2 Å². The summed E-state index contributed by atoms with van der Waals surface area (Å²) in [6.45, 7) is 6.30. The predicted octanol–water partition coefficient (Wildman–Crippen LogP) is 10.1. The van der Waals surface area contributed by atoms with E-state index in [1.807, 2.05) is 53.1 Å². The molecule has 196 valence electrons. The van der Waals surface area contributed by atoms with Crippen LogP contribution in [0.4, 0.5) is 0 Å². The van der Waals surface area contributed by atoms with Gasteiger partial charge in [-0.3, -0.25) is 0 Å². The van der Waals surface area contributed by atoms with Gasteiger partial charge in [-0.2, -0.15) is 4.98 Å². The van der Waals surface area contributed by atoms with Gasteiger partial charge in [-0.15, -0.1) is 0 Å². The number of aromatic nitrogens is 3. The maximum Gasteiger partial charge on any atom is 0.261 e. The monoisotopic (exact) mass is 595 g/mol. The van der Waals surface area contributed by atoms with Gasteiger partial charge >= 0.3 is 0 Å². The molecule has 0 amide bonds. The number of phenols is 1. The van der Waals surface area contributed by atoms with Crippen LogP contribution in [-0.2, 0) is 5.41 Å². The van der Waals surface area contributed by atoms with Crippen molar-refractivity contribution in [1.82, 2.24) is 14.7 Å². The van der Waals surface area contributed by atoms with E-state index in [2.05, 4.69) is 30.9 Å². The minimum absolute atomic E-state index is 0.00990. The first kappa shape index (κ1) is 26.0. The van der Waals surface area contributed by atoms with E-state index in [1.54, 1.807) is 18.2 Å². The maximum atomic E-state index is 11.8. The van der Waals surface area contributed by atoms with Crippen LogP contribution in [0.2, 0.25) is 20.1 Å². The molecule has 0 unspecified atom stereocenters. The van der Waals surface area contributed by atoms with E-state index in [1.165, 1.54) is 0 Å². The Kier molecular flexibility index (Phi) is 6.31. The van der Waals surface area contributed by atoms with Crippen molar-refractivity contribution in [1.29, 1.82) is 0 Å². The summed E-state index contributed by atoms with van der Waals surface area (Å²) in [6.07, 6.45) is 0. The maximum absolute atomic E-state index is 11.8. The molecule has 0 bridgehead atoms. The summed E-state index contributed by atoms with van der Waals surface area (Å²) >= 11 is 25.5. The SMILES string of the molecule is CC(C)(C)c1cc(-c2noc(-c3c(Cl)cccc3Cl)n2)c(O)c(-n2c3ccc(Cl)cc3c3cc(Cl)ccc32)c1. The molecule has 4 aromatic carbocycles. The van der Waals surface area contributed by atoms with Gasteiger partial charge in [-0.1, -0.05) is 78.4 Å². The summed E-state index contributed by atoms with van der Waals surface area (Å²) in [4.78, 5) is 4.58. The fourth-order valence-corrected chi connectivity index (χ4v) is 5.66. The minimum atomic E-state index is -0.263. The highest BCUT2D eigenvalue weighted by Crippen LogP contribution is 2.43. The van der Waals surface area contributed by atoms with Crippen LogP contribution in [0.15, 0.2) is 71.3 Å². The number of halogens is 4. The van der Waals surface area contributed by atoms with Crippen LogP contribution >= 0.6 is 46.4 Å². The molecule has 1 N–H and O–H groups in total. The summed E-state index contributed by atoms with van der Waals surface area (Å²) in [5.74, 6) is 0.353. The first-order chi connectivity index (χ1) is 18.5. The summed E-state index contributed by atoms with van der Waals surface area (Å²) in [5.41, 5.74) is 3.83. The van der Waals surface area contributed by atoms with Crippen molar-refractivity contribution < 1.29 is 9.63 Å². The third-order valence-corrected chi connectivity index (χ3v) is 7.83. The van der Waals surface area contributed by atoms with Crippen molar-refractivity contribution in [3.63, 3.8) is 0 Å². The number of fused-ring (bicyclic) bond motifs is 3. The molecule has 6 aromatic rings. The molecular weight excluding hydrogens is 576 g/mol. The molecule has 6 rings (SSSR count). The average molecular weight is 597 g/mol. The third-order valence-electron chi connectivity index (χ3n) is 6.73. The molecule has 0 saturated carbocycles. The molecule has 0 aliphatic rings. The van der Waals surface area contributed by atoms with E-state index >= 15 is 0 Å². The second kappa shape index (κ2) is 9.46. The molecule has 0 aliphatic carbocycles. The largest absolute Gasteiger partial charge is 0.505 e. The number of aromatic hydroxyl groups is 1. The predicted molar refractivity (Wildman–Crippen MR) is 160 cm³/mol. The highest BCUT2D eigenvalue weighted by atomic mass is 35.5. The van der Waals surface area contributed by atoms with Crippen molar-refractivity contribution in [2.75, 3.05) is 0 Å². The molecule has 0 saturated heterocycles. The van der Waals surface area contributed by atoms with Gasteiger partial charge in [0.1, 0.15) is 0 Å². The van der Waals surface area contributed by atoms with Crippen molar-refractivity contribution >= 4 is 68.2 Å². The molecule has 0 aliphatic heterocycles. The van der Waals surface area contributed by atoms with Crippen LogP contribution in [0.5, 0.6) is 5.75 Å². The van der Waals surface area contributed by atoms with Gasteiger partial charge in [0.25, 0.3) is 5.89 Å². The molecule has 9 heteroatoms. The highest BCUT2D eigenvalue weighted by Gasteiger charge is 2.26. The lowest BCUT2D eigenvalue weighted by molar-refractivity contribution is 0.431. The Labute approximate surface area is 244 Å². The van der Waals surface area contributed by atoms with Gasteiger partial charge in [0, 0.05) is 20.8 Å². The Morgan fingerprint density at radius 1 is 0.795 bits per heavy atom. The molecule has 5 nitrogen and oxygen atoms in total. The summed E-state index contributed by atoms with van der Waals surface area (Å²) in [6, 6.07) is 20.3. The summed E-state index contributed by atoms with van der Waals surface area (Å²) < 4.78 is 7.56. The van der Waals surface area contributed by atoms with Crippen molar-refractivity contribution in [3.8, 4) is 34.3 Å². The lowest BCUT2D eigenvalue weighted by Crippen LogP contribution is -2.12. The quantitative estimate of drug-likeness (QED) is 0.221. The fraction of sp³-hybridized carbons (Fsp3) is 0.133. The van der Waals surface area contributed by atoms with Gasteiger partial charge in [0.2, 0.25) is 5.82 Å². The molecule has 0 spiro atoms. The summed E-state index contributed by atoms with van der Waals surface area (Å²) in [5, 5.41) is 19.8. The zero-order chi connectivity index (χ0) is 27.6. The molecule has 0 radical (unpaired) electrons. The number of benzene rings is 4. The van der Waals surface area contributed by atoms with Crippen LogP contribution in [0.3, 0.4) is 0 Å². The Balaban J connectivity index is 1.65. The molecular formula is C30H21Cl4N3O2. The van der Waals surface area contributed by atoms with E-state index in [-0.39, 0.29) is 22.9 Å². The average Bonchev–Trinajstić information content (AvgIpc) is 3.46. The van der Waals surface area contributed by atoms with Crippen molar-refractivity contribution in [2.24, 2.45) is 0 Å². The normalized spacial score (nSPS) is 12.1. The third kappa shape index (κ3) is 4.44. The Morgan fingerprint density at radius 2 is 1.38 bits per heavy atom. The molecule has 2 aromatic heterocycles. The Bertz CT molecular complexity index is 1840. The summed E-state index contributed by atoms with van der Waals surface area (Å²) in [7, 11) is 0. The fourth-order valence-electron chi connectivity index (χ4n) is 4.76. The van der Waals surface area contributed by atoms with Crippen LogP contribution < -0.4 is 0 Å². The first-order valence-electron chi connectivity index (χ1n) is 12.1. The molecule has 2 heterocycles. The topological polar surface area (TPSA) is 64.1 Å². The standard InChI is InChI=1S/C30H21Cl4N3O2/c1-30(2,3)15-11-20(28-35-29(39-36-28)26-21(33)5-4-6-22(26)34)27(38)25(12-15)37-23-9-7-16(31)13-18(23)19-14-17(32)8-10-24(19)37/h4-14,38H,1-3H3. The van der Waals surface area contributed by atoms with Crippen molar-refractivity contribution in [2.45, 2.75) is 26.2 Å². The first-order valence-corrected chi connectivity index (χ1v) is 13.6. The number of hydrogen-bond acceptors (Lipinski definition) is 4. The van der Waals surface area contributed by atoms with Gasteiger partial charge in [-0.25, -0.2) is 0 Å². The van der Waals surface area contributed by atoms with Crippen LogP contribution in [0, 0.1) is 0 Å². The molecule has 39 heavy (non-hydrogen) atoms.